The van der Waals surface area contributed by atoms with Crippen molar-refractivity contribution in [3.05, 3.63) is 64.7 Å². The van der Waals surface area contributed by atoms with Gasteiger partial charge in [0.15, 0.2) is 6.61 Å². The van der Waals surface area contributed by atoms with Crippen molar-refractivity contribution in [3.63, 3.8) is 0 Å². The van der Waals surface area contributed by atoms with Crippen LogP contribution < -0.4 is 4.74 Å². The first-order chi connectivity index (χ1) is 11.1. The van der Waals surface area contributed by atoms with Crippen LogP contribution in [0.4, 0.5) is 0 Å². The number of nitrogens with zero attached hydrogens (tertiary/aromatic N) is 1. The van der Waals surface area contributed by atoms with Crippen LogP contribution in [0.2, 0.25) is 0 Å². The number of likely N-dealkylation sites (N-methyl/N-ethyl adjacent to an activating group) is 1. The minimum atomic E-state index is 0.0226. The Balaban J connectivity index is 1.67. The SMILES string of the molecule is Cc1cccc(C)c1OCC(=O)N(C)[C@@H]1CCc2ccccc21. The van der Waals surface area contributed by atoms with E-state index in [0.29, 0.717) is 0 Å². The first-order valence-electron chi connectivity index (χ1n) is 8.10. The maximum Gasteiger partial charge on any atom is 0.260 e. The van der Waals surface area contributed by atoms with Gasteiger partial charge in [0.1, 0.15) is 5.75 Å². The third kappa shape index (κ3) is 3.09. The van der Waals surface area contributed by atoms with E-state index in [1.54, 1.807) is 0 Å². The Morgan fingerprint density at radius 3 is 2.57 bits per heavy atom. The van der Waals surface area contributed by atoms with E-state index in [1.165, 1.54) is 11.1 Å². The standard InChI is InChI=1S/C20H23NO2/c1-14-7-6-8-15(2)20(14)23-13-19(22)21(3)18-12-11-16-9-4-5-10-17(16)18/h4-10,18H,11-13H2,1-3H3/t18-/m1/s1. The normalized spacial score (nSPS) is 16.0. The summed E-state index contributed by atoms with van der Waals surface area (Å²) in [4.78, 5) is 14.4. The molecule has 2 aromatic carbocycles. The van der Waals surface area contributed by atoms with Gasteiger partial charge in [0.05, 0.1) is 6.04 Å². The molecule has 1 amide bonds. The van der Waals surface area contributed by atoms with Crippen molar-refractivity contribution in [2.45, 2.75) is 32.7 Å². The minimum Gasteiger partial charge on any atom is -0.483 e. The Kier molecular flexibility index (Phi) is 4.37. The molecule has 0 aromatic heterocycles. The molecule has 120 valence electrons. The molecule has 1 aliphatic rings. The molecular weight excluding hydrogens is 286 g/mol. The molecule has 0 aliphatic heterocycles. The lowest BCUT2D eigenvalue weighted by Crippen LogP contribution is -2.34. The highest BCUT2D eigenvalue weighted by atomic mass is 16.5. The molecule has 1 atom stereocenters. The molecule has 0 radical (unpaired) electrons. The van der Waals surface area contributed by atoms with E-state index >= 15 is 0 Å². The van der Waals surface area contributed by atoms with Gasteiger partial charge < -0.3 is 9.64 Å². The van der Waals surface area contributed by atoms with Gasteiger partial charge in [0.2, 0.25) is 0 Å². The number of rotatable bonds is 4. The number of ether oxygens (including phenoxy) is 1. The zero-order chi connectivity index (χ0) is 16.4. The van der Waals surface area contributed by atoms with Crippen LogP contribution in [-0.4, -0.2) is 24.5 Å². The second-order valence-electron chi connectivity index (χ2n) is 6.27. The highest BCUT2D eigenvalue weighted by Gasteiger charge is 2.28. The number of para-hydroxylation sites is 1. The highest BCUT2D eigenvalue weighted by molar-refractivity contribution is 5.78. The summed E-state index contributed by atoms with van der Waals surface area (Å²) < 4.78 is 5.81. The van der Waals surface area contributed by atoms with Crippen molar-refractivity contribution < 1.29 is 9.53 Å². The van der Waals surface area contributed by atoms with Crippen molar-refractivity contribution in [1.82, 2.24) is 4.90 Å². The van der Waals surface area contributed by atoms with Gasteiger partial charge in [-0.3, -0.25) is 4.79 Å². The molecule has 0 bridgehead atoms. The van der Waals surface area contributed by atoms with Crippen LogP contribution in [-0.2, 0) is 11.2 Å². The largest absolute Gasteiger partial charge is 0.483 e. The first kappa shape index (κ1) is 15.6. The predicted octanol–water partition coefficient (Wildman–Crippen LogP) is 3.83. The van der Waals surface area contributed by atoms with Gasteiger partial charge in [-0.15, -0.1) is 0 Å². The van der Waals surface area contributed by atoms with Crippen LogP contribution in [0, 0.1) is 13.8 Å². The molecule has 3 rings (SSSR count). The fourth-order valence-electron chi connectivity index (χ4n) is 3.37. The van der Waals surface area contributed by atoms with Gasteiger partial charge in [0.25, 0.3) is 5.91 Å². The molecular formula is C20H23NO2. The third-order valence-electron chi connectivity index (χ3n) is 4.71. The van der Waals surface area contributed by atoms with Crippen LogP contribution in [0.15, 0.2) is 42.5 Å². The molecule has 0 fully saturated rings. The first-order valence-corrected chi connectivity index (χ1v) is 8.10. The summed E-state index contributed by atoms with van der Waals surface area (Å²) >= 11 is 0. The summed E-state index contributed by atoms with van der Waals surface area (Å²) in [7, 11) is 1.88. The smallest absolute Gasteiger partial charge is 0.260 e. The molecule has 0 unspecified atom stereocenters. The van der Waals surface area contributed by atoms with Gasteiger partial charge in [0, 0.05) is 7.05 Å². The van der Waals surface area contributed by atoms with E-state index < -0.39 is 0 Å². The minimum absolute atomic E-state index is 0.0226. The van der Waals surface area contributed by atoms with E-state index in [-0.39, 0.29) is 18.6 Å². The molecule has 0 N–H and O–H groups in total. The Bertz CT molecular complexity index is 703. The Hall–Kier alpha value is -2.29. The lowest BCUT2D eigenvalue weighted by atomic mass is 10.1. The predicted molar refractivity (Wildman–Crippen MR) is 91.7 cm³/mol. The number of amides is 1. The fraction of sp³-hybridized carbons (Fsp3) is 0.350. The summed E-state index contributed by atoms with van der Waals surface area (Å²) in [5.74, 6) is 0.843. The van der Waals surface area contributed by atoms with E-state index in [9.17, 15) is 4.79 Å². The lowest BCUT2D eigenvalue weighted by Gasteiger charge is -2.26. The van der Waals surface area contributed by atoms with E-state index in [0.717, 1.165) is 29.7 Å². The molecule has 3 nitrogen and oxygen atoms in total. The highest BCUT2D eigenvalue weighted by Crippen LogP contribution is 2.34. The number of aryl methyl sites for hydroxylation is 3. The number of benzene rings is 2. The van der Waals surface area contributed by atoms with E-state index in [2.05, 4.69) is 18.2 Å². The Morgan fingerprint density at radius 2 is 1.83 bits per heavy atom. The number of carbonyl (C=O) groups is 1. The molecule has 1 aliphatic carbocycles. The lowest BCUT2D eigenvalue weighted by molar-refractivity contribution is -0.134. The maximum absolute atomic E-state index is 12.5. The van der Waals surface area contributed by atoms with Crippen LogP contribution in [0.25, 0.3) is 0 Å². The monoisotopic (exact) mass is 309 g/mol. The molecule has 3 heteroatoms. The summed E-state index contributed by atoms with van der Waals surface area (Å²) in [6, 6.07) is 14.6. The zero-order valence-corrected chi connectivity index (χ0v) is 14.0. The van der Waals surface area contributed by atoms with Gasteiger partial charge in [-0.05, 0) is 48.9 Å². The quantitative estimate of drug-likeness (QED) is 0.859. The molecule has 0 saturated heterocycles. The molecule has 0 heterocycles. The number of carbonyl (C=O) groups excluding carboxylic acids is 1. The second kappa shape index (κ2) is 6.45. The van der Waals surface area contributed by atoms with E-state index in [4.69, 9.17) is 4.74 Å². The molecule has 2 aromatic rings. The zero-order valence-electron chi connectivity index (χ0n) is 14.0. The number of hydrogen-bond acceptors (Lipinski definition) is 2. The Morgan fingerprint density at radius 1 is 1.13 bits per heavy atom. The summed E-state index contributed by atoms with van der Waals surface area (Å²) in [5, 5.41) is 0. The van der Waals surface area contributed by atoms with Gasteiger partial charge >= 0.3 is 0 Å². The van der Waals surface area contributed by atoms with E-state index in [1.807, 2.05) is 50.1 Å². The second-order valence-corrected chi connectivity index (χ2v) is 6.27. The van der Waals surface area contributed by atoms with Gasteiger partial charge in [-0.1, -0.05) is 42.5 Å². The number of hydrogen-bond donors (Lipinski definition) is 0. The molecule has 0 spiro atoms. The number of fused-ring (bicyclic) bond motifs is 1. The summed E-state index contributed by atoms with van der Waals surface area (Å²) in [6.07, 6.45) is 2.03. The van der Waals surface area contributed by atoms with Crippen LogP contribution in [0.3, 0.4) is 0 Å². The average molecular weight is 309 g/mol. The Labute approximate surface area is 137 Å². The van der Waals surface area contributed by atoms with Crippen LogP contribution >= 0.6 is 0 Å². The topological polar surface area (TPSA) is 29.5 Å². The van der Waals surface area contributed by atoms with Crippen molar-refractivity contribution in [1.29, 1.82) is 0 Å². The van der Waals surface area contributed by atoms with Crippen LogP contribution in [0.5, 0.6) is 5.75 Å². The van der Waals surface area contributed by atoms with Gasteiger partial charge in [-0.25, -0.2) is 0 Å². The average Bonchev–Trinajstić information content (AvgIpc) is 2.97. The summed E-state index contributed by atoms with van der Waals surface area (Å²) in [5.41, 5.74) is 4.75. The van der Waals surface area contributed by atoms with Crippen molar-refractivity contribution in [2.75, 3.05) is 13.7 Å². The van der Waals surface area contributed by atoms with Crippen molar-refractivity contribution in [2.24, 2.45) is 0 Å². The van der Waals surface area contributed by atoms with Crippen molar-refractivity contribution >= 4 is 5.91 Å². The molecule has 0 saturated carbocycles. The van der Waals surface area contributed by atoms with Gasteiger partial charge in [-0.2, -0.15) is 0 Å². The third-order valence-corrected chi connectivity index (χ3v) is 4.71. The fourth-order valence-corrected chi connectivity index (χ4v) is 3.37. The van der Waals surface area contributed by atoms with Crippen molar-refractivity contribution in [3.8, 4) is 5.75 Å². The van der Waals surface area contributed by atoms with Crippen LogP contribution in [0.1, 0.15) is 34.7 Å². The molecule has 23 heavy (non-hydrogen) atoms. The maximum atomic E-state index is 12.5. The summed E-state index contributed by atoms with van der Waals surface area (Å²) in [6.45, 7) is 4.09.